The van der Waals surface area contributed by atoms with Gasteiger partial charge in [0.15, 0.2) is 0 Å². The molecule has 1 saturated heterocycles. The normalized spacial score (nSPS) is 22.9. The van der Waals surface area contributed by atoms with Crippen molar-refractivity contribution in [2.24, 2.45) is 10.9 Å². The Morgan fingerprint density at radius 1 is 1.70 bits per heavy atom. The lowest BCUT2D eigenvalue weighted by molar-refractivity contribution is 0.280. The Labute approximate surface area is 57.3 Å². The standard InChI is InChI=1S/C4H7N5O/c5-3-1-10-4-7-9(6)2-8(3)4/h5H,1-2,6H2. The van der Waals surface area contributed by atoms with E-state index in [2.05, 4.69) is 5.10 Å². The van der Waals surface area contributed by atoms with Crippen LogP contribution in [0.3, 0.4) is 0 Å². The molecule has 0 aliphatic carbocycles. The van der Waals surface area contributed by atoms with Gasteiger partial charge in [-0.2, -0.15) is 0 Å². The van der Waals surface area contributed by atoms with Gasteiger partial charge in [-0.05, 0) is 0 Å². The predicted molar refractivity (Wildman–Crippen MR) is 33.8 cm³/mol. The molecule has 3 N–H and O–H groups in total. The van der Waals surface area contributed by atoms with Crippen LogP contribution in [0.2, 0.25) is 0 Å². The molecular formula is C4H7N5O. The summed E-state index contributed by atoms with van der Waals surface area (Å²) in [6, 6.07) is 0.438. The molecule has 0 aromatic heterocycles. The zero-order chi connectivity index (χ0) is 7.14. The number of hydrogen-bond acceptors (Lipinski definition) is 5. The predicted octanol–water partition coefficient (Wildman–Crippen LogP) is -1.29. The van der Waals surface area contributed by atoms with Gasteiger partial charge in [-0.3, -0.25) is 10.3 Å². The Morgan fingerprint density at radius 2 is 2.50 bits per heavy atom. The third-order valence-electron chi connectivity index (χ3n) is 1.40. The van der Waals surface area contributed by atoms with E-state index in [1.54, 1.807) is 4.90 Å². The number of hydrazone groups is 1. The second kappa shape index (κ2) is 1.60. The molecule has 2 aliphatic rings. The van der Waals surface area contributed by atoms with Crippen LogP contribution >= 0.6 is 0 Å². The topological polar surface area (TPSA) is 77.9 Å². The largest absolute Gasteiger partial charge is 0.455 e. The summed E-state index contributed by atoms with van der Waals surface area (Å²) in [5.41, 5.74) is 0. The molecule has 0 saturated carbocycles. The van der Waals surface area contributed by atoms with E-state index in [1.807, 2.05) is 0 Å². The lowest BCUT2D eigenvalue weighted by atomic mass is 10.6. The molecule has 0 aromatic rings. The molecule has 0 spiro atoms. The highest BCUT2D eigenvalue weighted by atomic mass is 16.5. The first-order valence-electron chi connectivity index (χ1n) is 2.86. The number of nitrogens with one attached hydrogen (secondary N) is 1. The van der Waals surface area contributed by atoms with Gasteiger partial charge in [-0.25, -0.2) is 11.0 Å². The van der Waals surface area contributed by atoms with Gasteiger partial charge < -0.3 is 4.74 Å². The summed E-state index contributed by atoms with van der Waals surface area (Å²) >= 11 is 0. The molecule has 54 valence electrons. The van der Waals surface area contributed by atoms with E-state index in [0.717, 1.165) is 0 Å². The minimum Gasteiger partial charge on any atom is -0.455 e. The van der Waals surface area contributed by atoms with Crippen molar-refractivity contribution in [2.45, 2.75) is 0 Å². The maximum Gasteiger partial charge on any atom is 0.318 e. The molecule has 0 radical (unpaired) electrons. The van der Waals surface area contributed by atoms with Gasteiger partial charge in [0.1, 0.15) is 19.1 Å². The van der Waals surface area contributed by atoms with Crippen molar-refractivity contribution in [3.05, 3.63) is 0 Å². The summed E-state index contributed by atoms with van der Waals surface area (Å²) in [6.07, 6.45) is 0. The van der Waals surface area contributed by atoms with Crippen molar-refractivity contribution in [3.8, 4) is 0 Å². The monoisotopic (exact) mass is 141 g/mol. The van der Waals surface area contributed by atoms with Crippen molar-refractivity contribution < 1.29 is 4.74 Å². The highest BCUT2D eigenvalue weighted by molar-refractivity contribution is 6.02. The number of ether oxygens (including phenoxy) is 1. The van der Waals surface area contributed by atoms with E-state index in [1.165, 1.54) is 5.12 Å². The highest BCUT2D eigenvalue weighted by Gasteiger charge is 2.32. The average Bonchev–Trinajstić information content (AvgIpc) is 2.35. The summed E-state index contributed by atoms with van der Waals surface area (Å²) < 4.78 is 4.99. The van der Waals surface area contributed by atoms with Gasteiger partial charge in [0.05, 0.1) is 0 Å². The zero-order valence-electron chi connectivity index (χ0n) is 5.24. The number of rotatable bonds is 0. The summed E-state index contributed by atoms with van der Waals surface area (Å²) in [7, 11) is 0. The first-order valence-corrected chi connectivity index (χ1v) is 2.86. The third kappa shape index (κ3) is 0.561. The van der Waals surface area contributed by atoms with Crippen LogP contribution in [0.25, 0.3) is 0 Å². The van der Waals surface area contributed by atoms with Gasteiger partial charge in [0.2, 0.25) is 0 Å². The van der Waals surface area contributed by atoms with Crippen LogP contribution in [0.5, 0.6) is 0 Å². The summed E-state index contributed by atoms with van der Waals surface area (Å²) in [4.78, 5) is 1.61. The quantitative estimate of drug-likeness (QED) is 0.411. The van der Waals surface area contributed by atoms with Gasteiger partial charge in [0.25, 0.3) is 0 Å². The Hall–Kier alpha value is -1.30. The molecule has 0 bridgehead atoms. The molecule has 0 unspecified atom stereocenters. The molecule has 2 aliphatic heterocycles. The molecule has 6 heteroatoms. The Balaban J connectivity index is 2.26. The fraction of sp³-hybridized carbons (Fsp3) is 0.500. The fourth-order valence-electron chi connectivity index (χ4n) is 0.919. The molecule has 10 heavy (non-hydrogen) atoms. The Morgan fingerprint density at radius 3 is 3.20 bits per heavy atom. The van der Waals surface area contributed by atoms with Gasteiger partial charge in [-0.15, -0.1) is 5.10 Å². The Bertz CT molecular complexity index is 212. The Kier molecular flexibility index (Phi) is 0.877. The summed E-state index contributed by atoms with van der Waals surface area (Å²) in [5, 5.41) is 12.3. The van der Waals surface area contributed by atoms with Crippen LogP contribution in [0, 0.1) is 5.41 Å². The van der Waals surface area contributed by atoms with Crippen molar-refractivity contribution in [3.63, 3.8) is 0 Å². The van der Waals surface area contributed by atoms with Crippen LogP contribution in [0.1, 0.15) is 0 Å². The summed E-state index contributed by atoms with van der Waals surface area (Å²) in [5.74, 6) is 5.72. The van der Waals surface area contributed by atoms with Crippen molar-refractivity contribution in [1.29, 1.82) is 5.41 Å². The highest BCUT2D eigenvalue weighted by Crippen LogP contribution is 2.11. The number of amidine groups is 2. The molecular weight excluding hydrogens is 134 g/mol. The molecule has 2 rings (SSSR count). The van der Waals surface area contributed by atoms with Crippen LogP contribution in [0.4, 0.5) is 0 Å². The van der Waals surface area contributed by atoms with E-state index < -0.39 is 0 Å². The third-order valence-corrected chi connectivity index (χ3v) is 1.40. The fourth-order valence-corrected chi connectivity index (χ4v) is 0.919. The van der Waals surface area contributed by atoms with Crippen molar-refractivity contribution in [2.75, 3.05) is 13.3 Å². The van der Waals surface area contributed by atoms with Gasteiger partial charge in [0, 0.05) is 0 Å². The van der Waals surface area contributed by atoms with Gasteiger partial charge in [-0.1, -0.05) is 0 Å². The lowest BCUT2D eigenvalue weighted by Crippen LogP contribution is -2.34. The molecule has 6 nitrogen and oxygen atoms in total. The van der Waals surface area contributed by atoms with Crippen LogP contribution < -0.4 is 5.84 Å². The van der Waals surface area contributed by atoms with E-state index >= 15 is 0 Å². The van der Waals surface area contributed by atoms with Crippen LogP contribution in [-0.2, 0) is 4.74 Å². The maximum absolute atomic E-state index is 7.30. The van der Waals surface area contributed by atoms with Gasteiger partial charge >= 0.3 is 6.02 Å². The van der Waals surface area contributed by atoms with Crippen molar-refractivity contribution >= 4 is 11.9 Å². The number of hydrogen-bond donors (Lipinski definition) is 2. The van der Waals surface area contributed by atoms with Crippen LogP contribution in [-0.4, -0.2) is 35.2 Å². The van der Waals surface area contributed by atoms with E-state index in [9.17, 15) is 0 Å². The molecule has 0 atom stereocenters. The first kappa shape index (κ1) is 5.48. The van der Waals surface area contributed by atoms with E-state index in [4.69, 9.17) is 16.0 Å². The summed E-state index contributed by atoms with van der Waals surface area (Å²) in [6.45, 7) is 0.737. The zero-order valence-corrected chi connectivity index (χ0v) is 5.24. The maximum atomic E-state index is 7.30. The second-order valence-corrected chi connectivity index (χ2v) is 2.13. The number of fused-ring (bicyclic) bond motifs is 1. The van der Waals surface area contributed by atoms with E-state index in [0.29, 0.717) is 25.1 Å². The molecule has 0 amide bonds. The molecule has 2 heterocycles. The smallest absolute Gasteiger partial charge is 0.318 e. The van der Waals surface area contributed by atoms with Crippen molar-refractivity contribution in [1.82, 2.24) is 10.0 Å². The first-order chi connectivity index (χ1) is 4.77. The molecule has 0 aromatic carbocycles. The number of nitrogens with two attached hydrogens (primary N) is 1. The average molecular weight is 141 g/mol. The van der Waals surface area contributed by atoms with Crippen LogP contribution in [0.15, 0.2) is 5.10 Å². The minimum absolute atomic E-state index is 0.312. The number of hydrazine groups is 1. The number of nitrogens with zero attached hydrogens (tertiary/aromatic N) is 3. The molecule has 1 fully saturated rings. The second-order valence-electron chi connectivity index (χ2n) is 2.13. The lowest BCUT2D eigenvalue weighted by Gasteiger charge is -2.09. The van der Waals surface area contributed by atoms with E-state index in [-0.39, 0.29) is 0 Å². The SMILES string of the molecule is N=C1COC2=NN(N)CN12. The minimum atomic E-state index is 0.312.